The van der Waals surface area contributed by atoms with E-state index in [1.165, 1.54) is 28.9 Å². The van der Waals surface area contributed by atoms with E-state index in [0.717, 1.165) is 43.9 Å². The Morgan fingerprint density at radius 2 is 1.92 bits per heavy atom. The number of benzene rings is 1. The highest BCUT2D eigenvalue weighted by molar-refractivity contribution is 5.83. The number of aryl methyl sites for hydroxylation is 1. The molecule has 3 aromatic rings. The van der Waals surface area contributed by atoms with Gasteiger partial charge in [0.15, 0.2) is 0 Å². The van der Waals surface area contributed by atoms with E-state index in [9.17, 15) is 0 Å². The maximum absolute atomic E-state index is 4.79. The Morgan fingerprint density at radius 3 is 2.72 bits per heavy atom. The summed E-state index contributed by atoms with van der Waals surface area (Å²) in [7, 11) is 0. The molecule has 25 heavy (non-hydrogen) atoms. The van der Waals surface area contributed by atoms with Crippen molar-refractivity contribution in [2.75, 3.05) is 31.1 Å². The first-order valence-electron chi connectivity index (χ1n) is 9.22. The third kappa shape index (κ3) is 2.50. The van der Waals surface area contributed by atoms with Crippen LogP contribution in [-0.4, -0.2) is 40.7 Å². The summed E-state index contributed by atoms with van der Waals surface area (Å²) in [6.07, 6.45) is 4.29. The Kier molecular flexibility index (Phi) is 3.48. The van der Waals surface area contributed by atoms with E-state index >= 15 is 0 Å². The molecule has 1 saturated heterocycles. The Morgan fingerprint density at radius 1 is 1.08 bits per heavy atom. The van der Waals surface area contributed by atoms with Crippen LogP contribution < -0.4 is 10.2 Å². The lowest BCUT2D eigenvalue weighted by molar-refractivity contribution is 0.585. The first kappa shape index (κ1) is 14.9. The van der Waals surface area contributed by atoms with Gasteiger partial charge < -0.3 is 14.8 Å². The third-order valence-corrected chi connectivity index (χ3v) is 5.51. The first-order valence-corrected chi connectivity index (χ1v) is 9.22. The number of fused-ring (bicyclic) bond motifs is 3. The topological polar surface area (TPSA) is 46.0 Å². The van der Waals surface area contributed by atoms with Crippen LogP contribution in [-0.2, 0) is 6.42 Å². The van der Waals surface area contributed by atoms with Gasteiger partial charge >= 0.3 is 0 Å². The second-order valence-corrected chi connectivity index (χ2v) is 7.13. The molecule has 5 nitrogen and oxygen atoms in total. The molecule has 128 valence electrons. The molecule has 0 aliphatic carbocycles. The van der Waals surface area contributed by atoms with E-state index in [4.69, 9.17) is 9.97 Å². The molecular weight excluding hydrogens is 310 g/mol. The van der Waals surface area contributed by atoms with Gasteiger partial charge in [0.05, 0.1) is 11.0 Å². The van der Waals surface area contributed by atoms with Crippen molar-refractivity contribution in [2.24, 2.45) is 0 Å². The molecule has 0 unspecified atom stereocenters. The molecule has 2 aliphatic heterocycles. The van der Waals surface area contributed by atoms with Crippen molar-refractivity contribution in [3.63, 3.8) is 0 Å². The zero-order chi connectivity index (χ0) is 16.8. The van der Waals surface area contributed by atoms with E-state index in [1.54, 1.807) is 0 Å². The molecule has 5 heteroatoms. The second-order valence-electron chi connectivity index (χ2n) is 7.13. The van der Waals surface area contributed by atoms with Gasteiger partial charge in [-0.05, 0) is 43.2 Å². The number of piperazine rings is 1. The van der Waals surface area contributed by atoms with E-state index in [-0.39, 0.29) is 0 Å². The number of nitrogens with zero attached hydrogens (tertiary/aromatic N) is 4. The van der Waals surface area contributed by atoms with Crippen LogP contribution >= 0.6 is 0 Å². The predicted octanol–water partition coefficient (Wildman–Crippen LogP) is 3.02. The molecule has 1 aromatic carbocycles. The molecule has 4 heterocycles. The minimum absolute atomic E-state index is 0.545. The Bertz CT molecular complexity index is 906. The van der Waals surface area contributed by atoms with E-state index in [0.29, 0.717) is 6.04 Å². The summed E-state index contributed by atoms with van der Waals surface area (Å²) in [5, 5.41) is 3.38. The highest BCUT2D eigenvalue weighted by Gasteiger charge is 2.22. The molecule has 0 saturated carbocycles. The van der Waals surface area contributed by atoms with Gasteiger partial charge in [-0.1, -0.05) is 6.07 Å². The van der Waals surface area contributed by atoms with Crippen molar-refractivity contribution < 1.29 is 0 Å². The minimum Gasteiger partial charge on any atom is -0.354 e. The maximum Gasteiger partial charge on any atom is 0.128 e. The normalized spacial score (nSPS) is 20.2. The van der Waals surface area contributed by atoms with Crippen LogP contribution in [0.1, 0.15) is 25.2 Å². The molecule has 2 aromatic heterocycles. The van der Waals surface area contributed by atoms with Crippen molar-refractivity contribution in [3.05, 3.63) is 42.4 Å². The van der Waals surface area contributed by atoms with Crippen LogP contribution in [0.25, 0.3) is 22.2 Å². The SMILES string of the molecule is C[C@H]1CCc2nc3ccc(-c4ccc(N5CCNCC5)nc4)cc3n21. The van der Waals surface area contributed by atoms with E-state index in [2.05, 4.69) is 52.0 Å². The van der Waals surface area contributed by atoms with Crippen molar-refractivity contribution in [1.82, 2.24) is 19.9 Å². The molecule has 0 amide bonds. The number of nitrogens with one attached hydrogen (secondary N) is 1. The number of anilines is 1. The standard InChI is InChI=1S/C20H23N5/c1-14-2-6-20-23-17-5-3-15(12-18(17)25(14)20)16-4-7-19(22-13-16)24-10-8-21-9-11-24/h3-5,7,12-14,21H,2,6,8-11H2,1H3/t14-/m0/s1. The average Bonchev–Trinajstić information content (AvgIpc) is 3.22. The second kappa shape index (κ2) is 5.85. The number of hydrogen-bond donors (Lipinski definition) is 1. The summed E-state index contributed by atoms with van der Waals surface area (Å²) in [6.45, 7) is 6.40. The lowest BCUT2D eigenvalue weighted by atomic mass is 10.1. The Balaban J connectivity index is 1.49. The van der Waals surface area contributed by atoms with Crippen LogP contribution in [0, 0.1) is 0 Å². The summed E-state index contributed by atoms with van der Waals surface area (Å²) < 4.78 is 2.40. The number of aromatic nitrogens is 3. The molecule has 1 N–H and O–H groups in total. The van der Waals surface area contributed by atoms with Crippen molar-refractivity contribution >= 4 is 16.9 Å². The lowest BCUT2D eigenvalue weighted by Gasteiger charge is -2.28. The van der Waals surface area contributed by atoms with Crippen molar-refractivity contribution in [2.45, 2.75) is 25.8 Å². The molecule has 5 rings (SSSR count). The van der Waals surface area contributed by atoms with Crippen LogP contribution in [0.3, 0.4) is 0 Å². The van der Waals surface area contributed by atoms with Crippen LogP contribution in [0.4, 0.5) is 5.82 Å². The summed E-state index contributed by atoms with van der Waals surface area (Å²) in [4.78, 5) is 11.8. The Hall–Kier alpha value is -2.40. The molecule has 0 bridgehead atoms. The fourth-order valence-corrected chi connectivity index (χ4v) is 4.10. The van der Waals surface area contributed by atoms with Gasteiger partial charge in [-0.2, -0.15) is 0 Å². The lowest BCUT2D eigenvalue weighted by Crippen LogP contribution is -2.43. The fourth-order valence-electron chi connectivity index (χ4n) is 4.10. The summed E-state index contributed by atoms with van der Waals surface area (Å²) in [5.74, 6) is 2.30. The largest absolute Gasteiger partial charge is 0.354 e. The van der Waals surface area contributed by atoms with Gasteiger partial charge in [-0.25, -0.2) is 9.97 Å². The predicted molar refractivity (Wildman–Crippen MR) is 101 cm³/mol. The van der Waals surface area contributed by atoms with Crippen LogP contribution in [0.5, 0.6) is 0 Å². The summed E-state index contributed by atoms with van der Waals surface area (Å²) >= 11 is 0. The molecule has 0 radical (unpaired) electrons. The van der Waals surface area contributed by atoms with Gasteiger partial charge in [0.2, 0.25) is 0 Å². The van der Waals surface area contributed by atoms with Gasteiger partial charge in [0.25, 0.3) is 0 Å². The van der Waals surface area contributed by atoms with Crippen molar-refractivity contribution in [3.8, 4) is 11.1 Å². The zero-order valence-electron chi connectivity index (χ0n) is 14.6. The quantitative estimate of drug-likeness (QED) is 0.783. The number of rotatable bonds is 2. The van der Waals surface area contributed by atoms with Gasteiger partial charge in [-0.15, -0.1) is 0 Å². The smallest absolute Gasteiger partial charge is 0.128 e. The number of hydrogen-bond acceptors (Lipinski definition) is 4. The molecule has 0 spiro atoms. The number of pyridine rings is 1. The van der Waals surface area contributed by atoms with Crippen LogP contribution in [0.2, 0.25) is 0 Å². The third-order valence-electron chi connectivity index (χ3n) is 5.51. The summed E-state index contributed by atoms with van der Waals surface area (Å²) in [5.41, 5.74) is 4.75. The monoisotopic (exact) mass is 333 g/mol. The molecule has 1 atom stereocenters. The first-order chi connectivity index (χ1) is 12.3. The molecule has 1 fully saturated rings. The van der Waals surface area contributed by atoms with Crippen LogP contribution in [0.15, 0.2) is 36.5 Å². The molecule has 2 aliphatic rings. The summed E-state index contributed by atoms with van der Waals surface area (Å²) in [6, 6.07) is 11.5. The highest BCUT2D eigenvalue weighted by Crippen LogP contribution is 2.33. The van der Waals surface area contributed by atoms with Gasteiger partial charge in [0.1, 0.15) is 11.6 Å². The molecular formula is C20H23N5. The maximum atomic E-state index is 4.79. The minimum atomic E-state index is 0.545. The Labute approximate surface area is 147 Å². The van der Waals surface area contributed by atoms with Gasteiger partial charge in [0, 0.05) is 50.4 Å². The number of imidazole rings is 1. The van der Waals surface area contributed by atoms with Crippen molar-refractivity contribution in [1.29, 1.82) is 0 Å². The van der Waals surface area contributed by atoms with E-state index < -0.39 is 0 Å². The fraction of sp³-hybridized carbons (Fsp3) is 0.400. The highest BCUT2D eigenvalue weighted by atomic mass is 15.2. The average molecular weight is 333 g/mol. The van der Waals surface area contributed by atoms with E-state index in [1.807, 2.05) is 6.20 Å². The van der Waals surface area contributed by atoms with Gasteiger partial charge in [-0.3, -0.25) is 0 Å². The zero-order valence-corrected chi connectivity index (χ0v) is 14.6.